The highest BCUT2D eigenvalue weighted by atomic mass is 35.5. The van der Waals surface area contributed by atoms with E-state index in [-0.39, 0.29) is 36.9 Å². The van der Waals surface area contributed by atoms with Gasteiger partial charge in [-0.2, -0.15) is 0 Å². The molecular weight excluding hydrogens is 441 g/mol. The Bertz CT molecular complexity index is 851. The summed E-state index contributed by atoms with van der Waals surface area (Å²) in [4.78, 5) is 25.8. The van der Waals surface area contributed by atoms with E-state index < -0.39 is 0 Å². The van der Waals surface area contributed by atoms with Crippen molar-refractivity contribution in [3.05, 3.63) is 59.1 Å². The van der Waals surface area contributed by atoms with Crippen LogP contribution in [0.1, 0.15) is 29.6 Å². The zero-order chi connectivity index (χ0) is 21.3. The fourth-order valence-electron chi connectivity index (χ4n) is 3.49. The number of ketones is 1. The van der Waals surface area contributed by atoms with E-state index in [2.05, 4.69) is 0 Å². The maximum Gasteiger partial charge on any atom is 0.344 e. The van der Waals surface area contributed by atoms with Crippen LogP contribution in [-0.4, -0.2) is 51.2 Å². The first kappa shape index (κ1) is 25.0. The quantitative estimate of drug-likeness (QED) is 0.401. The summed E-state index contributed by atoms with van der Waals surface area (Å²) in [6, 6.07) is 14.1. The maximum absolute atomic E-state index is 12.4. The van der Waals surface area contributed by atoms with Crippen LogP contribution < -0.4 is 26.8 Å². The molecule has 0 amide bonds. The maximum atomic E-state index is 12.4. The predicted octanol–water partition coefficient (Wildman–Crippen LogP) is -0.405. The van der Waals surface area contributed by atoms with E-state index in [4.69, 9.17) is 25.8 Å². The smallest absolute Gasteiger partial charge is 0.344 e. The molecule has 0 aliphatic carbocycles. The number of rotatable bonds is 9. The minimum atomic E-state index is -0.369. The zero-order valence-corrected chi connectivity index (χ0v) is 19.0. The molecule has 1 N–H and O–H groups in total. The molecule has 0 aromatic heterocycles. The third-order valence-electron chi connectivity index (χ3n) is 5.21. The number of methoxy groups -OCH3 is 1. The fourth-order valence-corrected chi connectivity index (χ4v) is 3.62. The van der Waals surface area contributed by atoms with E-state index >= 15 is 0 Å². The second-order valence-electron chi connectivity index (χ2n) is 7.34. The molecule has 0 bridgehead atoms. The molecule has 3 rings (SSSR count). The number of hydrogen-bond donors (Lipinski definition) is 1. The molecule has 0 saturated carbocycles. The highest BCUT2D eigenvalue weighted by molar-refractivity contribution is 6.30. The molecular formula is C23H27Cl2NO5. The van der Waals surface area contributed by atoms with Gasteiger partial charge in [-0.1, -0.05) is 23.7 Å². The van der Waals surface area contributed by atoms with Gasteiger partial charge in [-0.25, -0.2) is 4.79 Å². The van der Waals surface area contributed by atoms with Crippen molar-refractivity contribution in [2.75, 3.05) is 33.4 Å². The van der Waals surface area contributed by atoms with Crippen molar-refractivity contribution in [1.82, 2.24) is 0 Å². The summed E-state index contributed by atoms with van der Waals surface area (Å²) >= 11 is 5.83. The number of hydrogen-bond acceptors (Lipinski definition) is 5. The fraction of sp³-hybridized carbons (Fsp3) is 0.391. The van der Waals surface area contributed by atoms with Crippen LogP contribution in [0.3, 0.4) is 0 Å². The lowest BCUT2D eigenvalue weighted by Crippen LogP contribution is -3.13. The number of ether oxygens (including phenoxy) is 3. The van der Waals surface area contributed by atoms with Gasteiger partial charge in [-0.15, -0.1) is 0 Å². The number of esters is 1. The van der Waals surface area contributed by atoms with Crippen molar-refractivity contribution in [3.8, 4) is 11.5 Å². The summed E-state index contributed by atoms with van der Waals surface area (Å²) in [5.41, 5.74) is 0.679. The zero-order valence-electron chi connectivity index (χ0n) is 17.4. The van der Waals surface area contributed by atoms with Gasteiger partial charge in [0.1, 0.15) is 17.6 Å². The molecule has 0 spiro atoms. The molecule has 168 valence electrons. The second-order valence-corrected chi connectivity index (χ2v) is 7.77. The number of carbonyl (C=O) groups is 2. The van der Waals surface area contributed by atoms with Crippen molar-refractivity contribution >= 4 is 23.4 Å². The molecule has 1 aliphatic heterocycles. The summed E-state index contributed by atoms with van der Waals surface area (Å²) in [6.45, 7) is 2.41. The lowest BCUT2D eigenvalue weighted by Gasteiger charge is -2.28. The molecule has 1 heterocycles. The second kappa shape index (κ2) is 12.5. The number of likely N-dealkylation sites (tertiary alicyclic amines) is 1. The van der Waals surface area contributed by atoms with E-state index in [0.717, 1.165) is 32.5 Å². The largest absolute Gasteiger partial charge is 1.00 e. The molecule has 1 fully saturated rings. The number of carbonyl (C=O) groups excluding carboxylic acids is 2. The number of halogens is 2. The Morgan fingerprint density at radius 3 is 2.45 bits per heavy atom. The van der Waals surface area contributed by atoms with E-state index in [0.29, 0.717) is 28.5 Å². The van der Waals surface area contributed by atoms with Gasteiger partial charge in [0.15, 0.2) is 12.4 Å². The summed E-state index contributed by atoms with van der Waals surface area (Å²) in [7, 11) is 1.59. The number of Topliss-reactive ketones (excluding diaryl/α,β-unsaturated/α-hetero) is 1. The van der Waals surface area contributed by atoms with Crippen LogP contribution >= 0.6 is 11.6 Å². The van der Waals surface area contributed by atoms with Crippen molar-refractivity contribution < 1.29 is 41.1 Å². The Hall–Kier alpha value is -2.28. The van der Waals surface area contributed by atoms with Gasteiger partial charge >= 0.3 is 5.97 Å². The third kappa shape index (κ3) is 8.05. The average Bonchev–Trinajstić information content (AvgIpc) is 2.78. The van der Waals surface area contributed by atoms with E-state index in [1.807, 2.05) is 18.2 Å². The highest BCUT2D eigenvalue weighted by Crippen LogP contribution is 2.16. The van der Waals surface area contributed by atoms with Crippen LogP contribution in [0.15, 0.2) is 48.5 Å². The first-order valence-electron chi connectivity index (χ1n) is 10.1. The van der Waals surface area contributed by atoms with Crippen LogP contribution in [0.2, 0.25) is 5.02 Å². The van der Waals surface area contributed by atoms with Crippen LogP contribution in [0.4, 0.5) is 0 Å². The molecule has 2 aromatic rings. The summed E-state index contributed by atoms with van der Waals surface area (Å²) in [5.74, 6) is 1.02. The minimum absolute atomic E-state index is 0. The minimum Gasteiger partial charge on any atom is -1.00 e. The molecule has 0 unspecified atom stereocenters. The van der Waals surface area contributed by atoms with Crippen LogP contribution in [0, 0.1) is 0 Å². The molecule has 6 nitrogen and oxygen atoms in total. The van der Waals surface area contributed by atoms with Gasteiger partial charge in [-0.3, -0.25) is 4.79 Å². The van der Waals surface area contributed by atoms with E-state index in [9.17, 15) is 9.59 Å². The molecule has 0 atom stereocenters. The molecule has 8 heteroatoms. The summed E-state index contributed by atoms with van der Waals surface area (Å²) in [6.07, 6.45) is 1.97. The predicted molar refractivity (Wildman–Crippen MR) is 114 cm³/mol. The molecule has 1 saturated heterocycles. The van der Waals surface area contributed by atoms with Gasteiger partial charge in [0.2, 0.25) is 0 Å². The molecule has 2 aromatic carbocycles. The first-order valence-corrected chi connectivity index (χ1v) is 10.5. The lowest BCUT2D eigenvalue weighted by molar-refractivity contribution is -0.905. The Kier molecular flexibility index (Phi) is 10.1. The Balaban J connectivity index is 0.00000341. The molecule has 0 radical (unpaired) electrons. The van der Waals surface area contributed by atoms with Gasteiger partial charge < -0.3 is 31.5 Å². The van der Waals surface area contributed by atoms with Crippen LogP contribution in [0.5, 0.6) is 11.5 Å². The highest BCUT2D eigenvalue weighted by Gasteiger charge is 2.25. The summed E-state index contributed by atoms with van der Waals surface area (Å²) < 4.78 is 16.1. The number of benzene rings is 2. The summed E-state index contributed by atoms with van der Waals surface area (Å²) in [5, 5.41) is 0.615. The molecule has 31 heavy (non-hydrogen) atoms. The van der Waals surface area contributed by atoms with Gasteiger partial charge in [-0.05, 0) is 36.4 Å². The Morgan fingerprint density at radius 2 is 1.77 bits per heavy atom. The van der Waals surface area contributed by atoms with Crippen LogP contribution in [0.25, 0.3) is 0 Å². The topological polar surface area (TPSA) is 66.3 Å². The average molecular weight is 468 g/mol. The third-order valence-corrected chi connectivity index (χ3v) is 5.46. The number of nitrogens with one attached hydrogen (secondary N) is 1. The Morgan fingerprint density at radius 1 is 1.06 bits per heavy atom. The monoisotopic (exact) mass is 467 g/mol. The van der Waals surface area contributed by atoms with Crippen molar-refractivity contribution in [1.29, 1.82) is 0 Å². The van der Waals surface area contributed by atoms with Crippen LogP contribution in [-0.2, 0) is 9.53 Å². The standard InChI is InChI=1S/C23H26ClNO5.ClH/c1-28-21-4-2-3-17(15-21)22(26)11-14-25-12-9-20(10-13-25)30-23(27)16-29-19-7-5-18(24)6-8-19;/h2-8,15,20H,9-14,16H2,1H3;1H. The number of quaternary nitrogens is 1. The molecule has 1 aliphatic rings. The lowest BCUT2D eigenvalue weighted by atomic mass is 10.1. The van der Waals surface area contributed by atoms with Gasteiger partial charge in [0.05, 0.1) is 33.2 Å². The van der Waals surface area contributed by atoms with E-state index in [1.165, 1.54) is 4.90 Å². The van der Waals surface area contributed by atoms with Crippen molar-refractivity contribution in [2.24, 2.45) is 0 Å². The van der Waals surface area contributed by atoms with Crippen molar-refractivity contribution in [3.63, 3.8) is 0 Å². The van der Waals surface area contributed by atoms with Gasteiger partial charge in [0, 0.05) is 23.4 Å². The SMILES string of the molecule is COc1cccc(C(=O)CC[NH+]2CCC(OC(=O)COc3ccc(Cl)cc3)CC2)c1.[Cl-]. The Labute approximate surface area is 193 Å². The van der Waals surface area contributed by atoms with E-state index in [1.54, 1.807) is 37.4 Å². The van der Waals surface area contributed by atoms with Crippen molar-refractivity contribution in [2.45, 2.75) is 25.4 Å². The van der Waals surface area contributed by atoms with Gasteiger partial charge in [0.25, 0.3) is 0 Å². The number of piperidine rings is 1. The first-order chi connectivity index (χ1) is 14.5. The normalized spacial score (nSPS) is 17.9.